The smallest absolute Gasteiger partial charge is 0.265 e. The zero-order valence-corrected chi connectivity index (χ0v) is 19.5. The number of nitrogen functional groups attached to an aromatic ring is 1. The quantitative estimate of drug-likeness (QED) is 0.283. The molecular weight excluding hydrogens is 456 g/mol. The van der Waals surface area contributed by atoms with E-state index >= 15 is 0 Å². The van der Waals surface area contributed by atoms with Crippen molar-refractivity contribution < 1.29 is 9.53 Å². The Hall–Kier alpha value is -3.89. The van der Waals surface area contributed by atoms with Crippen LogP contribution in [-0.4, -0.2) is 27.4 Å². The predicted molar refractivity (Wildman–Crippen MR) is 134 cm³/mol. The van der Waals surface area contributed by atoms with Crippen molar-refractivity contribution >= 4 is 55.7 Å². The molecule has 0 spiro atoms. The predicted octanol–water partition coefficient (Wildman–Crippen LogP) is 5.41. The van der Waals surface area contributed by atoms with Crippen molar-refractivity contribution in [3.8, 4) is 16.3 Å². The number of nitrogens with one attached hydrogen (secondary N) is 2. The number of fused-ring (bicyclic) bond motifs is 1. The van der Waals surface area contributed by atoms with E-state index in [2.05, 4.69) is 20.6 Å². The molecule has 0 bridgehead atoms. The van der Waals surface area contributed by atoms with Gasteiger partial charge in [0.2, 0.25) is 0 Å². The minimum Gasteiger partial charge on any atom is -0.495 e. The minimum atomic E-state index is -0.207. The first-order valence-corrected chi connectivity index (χ1v) is 11.7. The number of carbonyl (C=O) groups excluding carboxylic acids is 1. The van der Waals surface area contributed by atoms with E-state index in [1.165, 1.54) is 22.7 Å². The number of methoxy groups -OCH3 is 1. The van der Waals surface area contributed by atoms with E-state index < -0.39 is 0 Å². The minimum absolute atomic E-state index is 0.207. The van der Waals surface area contributed by atoms with Gasteiger partial charge in [-0.3, -0.25) is 9.20 Å². The van der Waals surface area contributed by atoms with Gasteiger partial charge in [-0.25, -0.2) is 9.97 Å². The zero-order chi connectivity index (χ0) is 22.9. The van der Waals surface area contributed by atoms with Gasteiger partial charge in [-0.15, -0.1) is 11.3 Å². The number of pyridine rings is 1. The van der Waals surface area contributed by atoms with Gasteiger partial charge in [-0.1, -0.05) is 23.5 Å². The average Bonchev–Trinajstić information content (AvgIpc) is 3.53. The maximum atomic E-state index is 12.6. The van der Waals surface area contributed by atoms with E-state index in [-0.39, 0.29) is 5.91 Å². The Morgan fingerprint density at radius 1 is 1.12 bits per heavy atom. The first kappa shape index (κ1) is 21.0. The van der Waals surface area contributed by atoms with Crippen molar-refractivity contribution in [2.24, 2.45) is 0 Å². The summed E-state index contributed by atoms with van der Waals surface area (Å²) in [6, 6.07) is 14.6. The number of imidazole rings is 1. The molecule has 0 aliphatic rings. The number of carbonyl (C=O) groups is 1. The van der Waals surface area contributed by atoms with Crippen molar-refractivity contribution in [1.82, 2.24) is 14.4 Å². The summed E-state index contributed by atoms with van der Waals surface area (Å²) in [7, 11) is 1.64. The molecule has 4 heterocycles. The van der Waals surface area contributed by atoms with Crippen LogP contribution < -0.4 is 21.1 Å². The van der Waals surface area contributed by atoms with Crippen LogP contribution in [0.1, 0.15) is 15.4 Å². The standard InChI is InChI=1S/C23H20N6O2S2/c1-13-21(29-12-14(31-2)7-9-19(29)26-13)18-11-25-23(33-18)28-20-10-8-17(32-20)22(30)27-16-6-4-3-5-15(16)24/h3-12H,24H2,1-2H3,(H,25,28)(H,27,30). The third-order valence-corrected chi connectivity index (χ3v) is 6.93. The number of nitrogens with two attached hydrogens (primary N) is 1. The summed E-state index contributed by atoms with van der Waals surface area (Å²) in [5.74, 6) is 0.548. The van der Waals surface area contributed by atoms with Crippen molar-refractivity contribution in [3.05, 3.63) is 71.5 Å². The number of benzene rings is 1. The maximum absolute atomic E-state index is 12.6. The van der Waals surface area contributed by atoms with Gasteiger partial charge in [0.25, 0.3) is 5.91 Å². The fraction of sp³-hybridized carbons (Fsp3) is 0.0870. The highest BCUT2D eigenvalue weighted by atomic mass is 32.1. The Morgan fingerprint density at radius 3 is 2.79 bits per heavy atom. The molecule has 0 atom stereocenters. The number of rotatable bonds is 6. The maximum Gasteiger partial charge on any atom is 0.265 e. The molecule has 10 heteroatoms. The summed E-state index contributed by atoms with van der Waals surface area (Å²) in [6.45, 7) is 1.98. The highest BCUT2D eigenvalue weighted by molar-refractivity contribution is 7.20. The second kappa shape index (κ2) is 8.57. The molecule has 5 aromatic rings. The van der Waals surface area contributed by atoms with Crippen molar-refractivity contribution in [1.29, 1.82) is 0 Å². The number of hydrogen-bond donors (Lipinski definition) is 3. The number of anilines is 4. The average molecular weight is 477 g/mol. The van der Waals surface area contributed by atoms with Crippen LogP contribution in [-0.2, 0) is 0 Å². The van der Waals surface area contributed by atoms with Crippen LogP contribution in [0.15, 0.2) is 60.9 Å². The summed E-state index contributed by atoms with van der Waals surface area (Å²) in [5.41, 5.74) is 9.76. The fourth-order valence-corrected chi connectivity index (χ4v) is 5.22. The van der Waals surface area contributed by atoms with Crippen LogP contribution in [0.3, 0.4) is 0 Å². The Balaban J connectivity index is 1.35. The van der Waals surface area contributed by atoms with Crippen LogP contribution in [0, 0.1) is 6.92 Å². The number of amides is 1. The van der Waals surface area contributed by atoms with Crippen LogP contribution in [0.5, 0.6) is 5.75 Å². The molecule has 0 aliphatic heterocycles. The van der Waals surface area contributed by atoms with Crippen LogP contribution in [0.2, 0.25) is 0 Å². The lowest BCUT2D eigenvalue weighted by molar-refractivity contribution is 0.103. The molecule has 0 saturated heterocycles. The molecule has 0 aliphatic carbocycles. The molecular formula is C23H20N6O2S2. The first-order valence-electron chi connectivity index (χ1n) is 10.0. The van der Waals surface area contributed by atoms with Gasteiger partial charge < -0.3 is 21.1 Å². The summed E-state index contributed by atoms with van der Waals surface area (Å²) < 4.78 is 7.37. The van der Waals surface area contributed by atoms with Gasteiger partial charge >= 0.3 is 0 Å². The molecule has 0 radical (unpaired) electrons. The van der Waals surface area contributed by atoms with Crippen molar-refractivity contribution in [2.75, 3.05) is 23.5 Å². The second-order valence-electron chi connectivity index (χ2n) is 7.20. The first-order chi connectivity index (χ1) is 16.0. The van der Waals surface area contributed by atoms with E-state index in [0.29, 0.717) is 16.3 Å². The molecule has 4 aromatic heterocycles. The Bertz CT molecular complexity index is 1470. The second-order valence-corrected chi connectivity index (χ2v) is 9.32. The van der Waals surface area contributed by atoms with Gasteiger partial charge in [0, 0.05) is 6.20 Å². The normalized spacial score (nSPS) is 11.0. The lowest BCUT2D eigenvalue weighted by Crippen LogP contribution is -2.11. The number of aryl methyl sites for hydroxylation is 1. The molecule has 166 valence electrons. The number of nitrogens with zero attached hydrogens (tertiary/aromatic N) is 3. The zero-order valence-electron chi connectivity index (χ0n) is 17.8. The summed E-state index contributed by atoms with van der Waals surface area (Å²) in [5, 5.41) is 7.68. The van der Waals surface area contributed by atoms with Gasteiger partial charge in [0.15, 0.2) is 5.13 Å². The fourth-order valence-electron chi connectivity index (χ4n) is 3.43. The van der Waals surface area contributed by atoms with Gasteiger partial charge in [-0.05, 0) is 43.3 Å². The van der Waals surface area contributed by atoms with Gasteiger partial charge in [-0.2, -0.15) is 0 Å². The summed E-state index contributed by atoms with van der Waals surface area (Å²) >= 11 is 2.86. The Labute approximate surface area is 197 Å². The number of ether oxygens (including phenoxy) is 1. The van der Waals surface area contributed by atoms with Crippen molar-refractivity contribution in [2.45, 2.75) is 6.92 Å². The topological polar surface area (TPSA) is 107 Å². The summed E-state index contributed by atoms with van der Waals surface area (Å²) in [6.07, 6.45) is 3.74. The van der Waals surface area contributed by atoms with Gasteiger partial charge in [0.1, 0.15) is 11.4 Å². The van der Waals surface area contributed by atoms with E-state index in [9.17, 15) is 4.79 Å². The third-order valence-electron chi connectivity index (χ3n) is 5.01. The van der Waals surface area contributed by atoms with E-state index in [0.717, 1.165) is 37.8 Å². The number of hydrogen-bond acceptors (Lipinski definition) is 8. The SMILES string of the molecule is COc1ccc2nc(C)c(-c3cnc(Nc4ccc(C(=O)Nc5ccccc5N)s4)s3)n2c1. The monoisotopic (exact) mass is 476 g/mol. The number of aromatic nitrogens is 3. The lowest BCUT2D eigenvalue weighted by atomic mass is 10.2. The van der Waals surface area contributed by atoms with Crippen molar-refractivity contribution in [3.63, 3.8) is 0 Å². The molecule has 0 unspecified atom stereocenters. The molecule has 4 N–H and O–H groups in total. The Morgan fingerprint density at radius 2 is 1.97 bits per heavy atom. The largest absolute Gasteiger partial charge is 0.495 e. The van der Waals surface area contributed by atoms with Crippen LogP contribution in [0.25, 0.3) is 16.2 Å². The van der Waals surface area contributed by atoms with Gasteiger partial charge in [0.05, 0.1) is 50.8 Å². The van der Waals surface area contributed by atoms with E-state index in [1.807, 2.05) is 54.0 Å². The molecule has 1 amide bonds. The van der Waals surface area contributed by atoms with E-state index in [4.69, 9.17) is 10.5 Å². The van der Waals surface area contributed by atoms with E-state index in [1.54, 1.807) is 25.3 Å². The van der Waals surface area contributed by atoms with Crippen LogP contribution >= 0.6 is 22.7 Å². The number of para-hydroxylation sites is 2. The van der Waals surface area contributed by atoms with Crippen LogP contribution in [0.4, 0.5) is 21.5 Å². The number of thiazole rings is 1. The molecule has 0 fully saturated rings. The molecule has 0 saturated carbocycles. The molecule has 8 nitrogen and oxygen atoms in total. The molecule has 5 rings (SSSR count). The Kier molecular flexibility index (Phi) is 5.45. The number of thiophene rings is 1. The molecule has 1 aromatic carbocycles. The third kappa shape index (κ3) is 4.13. The highest BCUT2D eigenvalue weighted by Gasteiger charge is 2.16. The lowest BCUT2D eigenvalue weighted by Gasteiger charge is -2.06. The summed E-state index contributed by atoms with van der Waals surface area (Å²) in [4.78, 5) is 23.3. The highest BCUT2D eigenvalue weighted by Crippen LogP contribution is 2.35. The molecule has 33 heavy (non-hydrogen) atoms.